The van der Waals surface area contributed by atoms with Gasteiger partial charge in [0, 0.05) is 35.9 Å². The fourth-order valence-electron chi connectivity index (χ4n) is 4.10. The van der Waals surface area contributed by atoms with Gasteiger partial charge in [0.1, 0.15) is 0 Å². The molecule has 1 aromatic heterocycles. The number of rotatable bonds is 6. The second-order valence-corrected chi connectivity index (χ2v) is 8.85. The first-order valence-corrected chi connectivity index (χ1v) is 11.3. The lowest BCUT2D eigenvalue weighted by Crippen LogP contribution is -2.41. The minimum atomic E-state index is -0.278. The summed E-state index contributed by atoms with van der Waals surface area (Å²) < 4.78 is 0. The Hall–Kier alpha value is -2.54. The Kier molecular flexibility index (Phi) is 6.34. The molecule has 0 saturated heterocycles. The maximum Gasteiger partial charge on any atom is 0.315 e. The van der Waals surface area contributed by atoms with E-state index in [2.05, 4.69) is 32.3 Å². The maximum atomic E-state index is 12.1. The van der Waals surface area contributed by atoms with E-state index >= 15 is 0 Å². The molecule has 2 heterocycles. The Morgan fingerprint density at radius 1 is 1.07 bits per heavy atom. The molecule has 4 rings (SSSR count). The van der Waals surface area contributed by atoms with Crippen LogP contribution in [0.25, 0.3) is 0 Å². The molecule has 0 bridgehead atoms. The molecule has 2 aromatic rings. The summed E-state index contributed by atoms with van der Waals surface area (Å²) >= 11 is 1.84. The number of hydrogen-bond donors (Lipinski definition) is 3. The lowest BCUT2D eigenvalue weighted by molar-refractivity contribution is -0.115. The average molecular weight is 413 g/mol. The molecule has 0 radical (unpaired) electrons. The summed E-state index contributed by atoms with van der Waals surface area (Å²) in [4.78, 5) is 27.8. The molecule has 29 heavy (non-hydrogen) atoms. The van der Waals surface area contributed by atoms with Gasteiger partial charge in [-0.05, 0) is 66.5 Å². The van der Waals surface area contributed by atoms with Gasteiger partial charge in [-0.2, -0.15) is 0 Å². The molecular weight excluding hydrogens is 384 g/mol. The number of urea groups is 1. The Balaban J connectivity index is 1.20. The van der Waals surface area contributed by atoms with Crippen LogP contribution in [-0.2, 0) is 17.8 Å². The second kappa shape index (κ2) is 9.31. The van der Waals surface area contributed by atoms with Gasteiger partial charge in [-0.1, -0.05) is 12.8 Å². The summed E-state index contributed by atoms with van der Waals surface area (Å²) in [6.45, 7) is 2.60. The highest BCUT2D eigenvalue weighted by Gasteiger charge is 2.18. The number of fused-ring (bicyclic) bond motifs is 1. The molecule has 1 fully saturated rings. The van der Waals surface area contributed by atoms with Crippen molar-refractivity contribution < 1.29 is 9.59 Å². The highest BCUT2D eigenvalue weighted by molar-refractivity contribution is 7.10. The molecule has 0 spiro atoms. The molecule has 7 heteroatoms. The summed E-state index contributed by atoms with van der Waals surface area (Å²) in [7, 11) is 0. The monoisotopic (exact) mass is 412 g/mol. The first-order valence-electron chi connectivity index (χ1n) is 10.4. The van der Waals surface area contributed by atoms with Gasteiger partial charge in [0.25, 0.3) is 0 Å². The first-order chi connectivity index (χ1) is 14.2. The standard InChI is InChI=1S/C22H28N4O2S/c27-21(14-24-22(28)23-13-16-3-1-2-4-16)25-18-5-7-19(8-6-18)26-11-9-20-17(15-26)10-12-29-20/h5-8,10,12,16H,1-4,9,11,13-15H2,(H,25,27)(H2,23,24,28). The van der Waals surface area contributed by atoms with Crippen molar-refractivity contribution in [2.75, 3.05) is 29.9 Å². The molecule has 1 aliphatic heterocycles. The van der Waals surface area contributed by atoms with E-state index < -0.39 is 0 Å². The van der Waals surface area contributed by atoms with Crippen molar-refractivity contribution in [3.05, 3.63) is 46.2 Å². The largest absolute Gasteiger partial charge is 0.367 e. The molecule has 3 N–H and O–H groups in total. The fourth-order valence-corrected chi connectivity index (χ4v) is 4.99. The third-order valence-electron chi connectivity index (χ3n) is 5.76. The van der Waals surface area contributed by atoms with Crippen LogP contribution in [0, 0.1) is 5.92 Å². The second-order valence-electron chi connectivity index (χ2n) is 7.85. The number of nitrogens with zero attached hydrogens (tertiary/aromatic N) is 1. The topological polar surface area (TPSA) is 73.5 Å². The number of nitrogens with one attached hydrogen (secondary N) is 3. The third kappa shape index (κ3) is 5.29. The zero-order valence-electron chi connectivity index (χ0n) is 16.6. The van der Waals surface area contributed by atoms with Crippen molar-refractivity contribution >= 4 is 34.6 Å². The van der Waals surface area contributed by atoms with Gasteiger partial charge in [-0.3, -0.25) is 4.79 Å². The van der Waals surface area contributed by atoms with Gasteiger partial charge in [0.2, 0.25) is 5.91 Å². The minimum Gasteiger partial charge on any atom is -0.367 e. The maximum absolute atomic E-state index is 12.1. The summed E-state index contributed by atoms with van der Waals surface area (Å²) in [5, 5.41) is 10.5. The molecule has 3 amide bonds. The smallest absolute Gasteiger partial charge is 0.315 e. The number of carbonyl (C=O) groups is 2. The minimum absolute atomic E-state index is 0.0364. The highest BCUT2D eigenvalue weighted by atomic mass is 32.1. The van der Waals surface area contributed by atoms with Crippen LogP contribution in [0.5, 0.6) is 0 Å². The number of anilines is 2. The molecule has 6 nitrogen and oxygen atoms in total. The number of thiophene rings is 1. The van der Waals surface area contributed by atoms with Crippen molar-refractivity contribution in [2.45, 2.75) is 38.6 Å². The molecule has 1 saturated carbocycles. The Morgan fingerprint density at radius 2 is 1.86 bits per heavy atom. The van der Waals surface area contributed by atoms with E-state index in [1.54, 1.807) is 0 Å². The van der Waals surface area contributed by atoms with Gasteiger partial charge in [0.05, 0.1) is 6.54 Å². The van der Waals surface area contributed by atoms with Crippen LogP contribution in [0.2, 0.25) is 0 Å². The first kappa shape index (κ1) is 19.8. The van der Waals surface area contributed by atoms with Crippen LogP contribution in [0.1, 0.15) is 36.1 Å². The Bertz CT molecular complexity index is 843. The number of carbonyl (C=O) groups excluding carboxylic acids is 2. The summed E-state index contributed by atoms with van der Waals surface area (Å²) in [6, 6.07) is 9.83. The van der Waals surface area contributed by atoms with E-state index in [4.69, 9.17) is 0 Å². The molecule has 1 aliphatic carbocycles. The summed E-state index contributed by atoms with van der Waals surface area (Å²) in [5.41, 5.74) is 3.31. The van der Waals surface area contributed by atoms with E-state index in [0.29, 0.717) is 12.5 Å². The molecule has 2 aliphatic rings. The Labute approximate surface area is 175 Å². The number of hydrogen-bond acceptors (Lipinski definition) is 4. The summed E-state index contributed by atoms with van der Waals surface area (Å²) in [6.07, 6.45) is 5.95. The van der Waals surface area contributed by atoms with Crippen LogP contribution in [0.15, 0.2) is 35.7 Å². The molecular formula is C22H28N4O2S. The number of amides is 3. The normalized spacial score (nSPS) is 16.3. The van der Waals surface area contributed by atoms with E-state index in [1.807, 2.05) is 35.6 Å². The molecule has 1 aromatic carbocycles. The van der Waals surface area contributed by atoms with Crippen molar-refractivity contribution in [2.24, 2.45) is 5.92 Å². The SMILES string of the molecule is O=C(CNC(=O)NCC1CCCC1)Nc1ccc(N2CCc3sccc3C2)cc1. The fraction of sp³-hybridized carbons (Fsp3) is 0.455. The third-order valence-corrected chi connectivity index (χ3v) is 6.78. The van der Waals surface area contributed by atoms with Crippen molar-refractivity contribution in [1.29, 1.82) is 0 Å². The predicted molar refractivity (Wildman–Crippen MR) is 118 cm³/mol. The van der Waals surface area contributed by atoms with E-state index in [9.17, 15) is 9.59 Å². The summed E-state index contributed by atoms with van der Waals surface area (Å²) in [5.74, 6) is 0.356. The van der Waals surface area contributed by atoms with Gasteiger partial charge in [-0.15, -0.1) is 11.3 Å². The van der Waals surface area contributed by atoms with Crippen LogP contribution in [0.3, 0.4) is 0 Å². The van der Waals surface area contributed by atoms with Crippen LogP contribution in [0.4, 0.5) is 16.2 Å². The van der Waals surface area contributed by atoms with Gasteiger partial charge >= 0.3 is 6.03 Å². The van der Waals surface area contributed by atoms with Crippen LogP contribution < -0.4 is 20.9 Å². The molecule has 0 atom stereocenters. The van der Waals surface area contributed by atoms with Crippen LogP contribution >= 0.6 is 11.3 Å². The Morgan fingerprint density at radius 3 is 2.66 bits per heavy atom. The zero-order valence-corrected chi connectivity index (χ0v) is 17.4. The predicted octanol–water partition coefficient (Wildman–Crippen LogP) is 3.74. The van der Waals surface area contributed by atoms with Crippen molar-refractivity contribution in [3.8, 4) is 0 Å². The quantitative estimate of drug-likeness (QED) is 0.677. The van der Waals surface area contributed by atoms with Crippen LogP contribution in [-0.4, -0.2) is 31.6 Å². The van der Waals surface area contributed by atoms with Crippen molar-refractivity contribution in [3.63, 3.8) is 0 Å². The van der Waals surface area contributed by atoms with Crippen molar-refractivity contribution in [1.82, 2.24) is 10.6 Å². The van der Waals surface area contributed by atoms with Gasteiger partial charge in [0.15, 0.2) is 0 Å². The van der Waals surface area contributed by atoms with E-state index in [-0.39, 0.29) is 18.5 Å². The molecule has 154 valence electrons. The van der Waals surface area contributed by atoms with Gasteiger partial charge < -0.3 is 20.9 Å². The molecule has 0 unspecified atom stereocenters. The van der Waals surface area contributed by atoms with Gasteiger partial charge in [-0.25, -0.2) is 4.79 Å². The van der Waals surface area contributed by atoms with E-state index in [1.165, 1.54) is 36.1 Å². The number of benzene rings is 1. The zero-order chi connectivity index (χ0) is 20.1. The average Bonchev–Trinajstić information content (AvgIpc) is 3.42. The van der Waals surface area contributed by atoms with E-state index in [0.717, 1.165) is 30.9 Å². The lowest BCUT2D eigenvalue weighted by Gasteiger charge is -2.29. The highest BCUT2D eigenvalue weighted by Crippen LogP contribution is 2.28. The lowest BCUT2D eigenvalue weighted by atomic mass is 10.1.